The molecule has 0 radical (unpaired) electrons. The van der Waals surface area contributed by atoms with Crippen molar-refractivity contribution >= 4 is 16.0 Å². The number of hydrogen-bond donors (Lipinski definition) is 2. The second-order valence-electron chi connectivity index (χ2n) is 4.67. The summed E-state index contributed by atoms with van der Waals surface area (Å²) in [6.07, 6.45) is -4.12. The molecule has 0 unspecified atom stereocenters. The third-order valence-electron chi connectivity index (χ3n) is 2.89. The Morgan fingerprint density at radius 2 is 2.18 bits per heavy atom. The third kappa shape index (κ3) is 5.09. The number of hydrogen-bond acceptors (Lipinski definition) is 8. The van der Waals surface area contributed by atoms with E-state index in [0.29, 0.717) is 0 Å². The quantitative estimate of drug-likeness (QED) is 0.268. The molecular weight excluding hydrogens is 320 g/mol. The van der Waals surface area contributed by atoms with Crippen LogP contribution in [0.5, 0.6) is 0 Å². The molecule has 0 aliphatic carbocycles. The van der Waals surface area contributed by atoms with Crippen LogP contribution in [0, 0.1) is 0 Å². The Kier molecular flexibility index (Phi) is 6.53. The van der Waals surface area contributed by atoms with Crippen LogP contribution in [-0.2, 0) is 28.6 Å². The number of carbonyl (C=O) groups excluding carboxylic acids is 1. The molecule has 0 aromatic carbocycles. The fourth-order valence-electron chi connectivity index (χ4n) is 2.09. The second-order valence-corrected chi connectivity index (χ2v) is 6.27. The molecule has 2 N–H and O–H groups in total. The van der Waals surface area contributed by atoms with E-state index in [9.17, 15) is 18.3 Å². The lowest BCUT2D eigenvalue weighted by atomic mass is 9.96. The molecule has 1 rings (SSSR count). The van der Waals surface area contributed by atoms with Gasteiger partial charge in [0.2, 0.25) is 5.91 Å². The zero-order chi connectivity index (χ0) is 16.9. The molecule has 1 aliphatic heterocycles. The van der Waals surface area contributed by atoms with Crippen molar-refractivity contribution in [2.75, 3.05) is 19.9 Å². The predicted molar refractivity (Wildman–Crippen MR) is 73.0 cm³/mol. The molecule has 1 aliphatic rings. The summed E-state index contributed by atoms with van der Waals surface area (Å²) in [7, 11) is -2.65. The largest absolute Gasteiger partial charge is 0.388 e. The lowest BCUT2D eigenvalue weighted by Crippen LogP contribution is -2.65. The number of ether oxygens (including phenoxy) is 2. The highest BCUT2D eigenvalue weighted by atomic mass is 32.2. The summed E-state index contributed by atoms with van der Waals surface area (Å²) in [4.78, 5) is 13.8. The molecule has 1 amide bonds. The van der Waals surface area contributed by atoms with E-state index in [1.54, 1.807) is 0 Å². The zero-order valence-corrected chi connectivity index (χ0v) is 13.1. The average Bonchev–Trinajstić information content (AvgIpc) is 2.40. The first-order valence-electron chi connectivity index (χ1n) is 6.22. The van der Waals surface area contributed by atoms with Crippen molar-refractivity contribution in [3.8, 4) is 0 Å². The Hall–Kier alpha value is -1.43. The van der Waals surface area contributed by atoms with Gasteiger partial charge in [-0.15, -0.1) is 0 Å². The molecule has 0 saturated carbocycles. The third-order valence-corrected chi connectivity index (χ3v) is 3.46. The molecule has 0 bridgehead atoms. The molecule has 22 heavy (non-hydrogen) atoms. The van der Waals surface area contributed by atoms with Crippen molar-refractivity contribution < 1.29 is 32.0 Å². The molecule has 0 aromatic rings. The Balaban J connectivity index is 3.11. The van der Waals surface area contributed by atoms with Gasteiger partial charge < -0.3 is 19.9 Å². The predicted octanol–water partition coefficient (Wildman–Crippen LogP) is -1.12. The first-order chi connectivity index (χ1) is 10.2. The molecule has 0 spiro atoms. The minimum Gasteiger partial charge on any atom is -0.388 e. The van der Waals surface area contributed by atoms with E-state index >= 15 is 0 Å². The molecule has 5 atom stereocenters. The van der Waals surface area contributed by atoms with Crippen LogP contribution in [0.4, 0.5) is 0 Å². The Morgan fingerprint density at radius 3 is 2.64 bits per heavy atom. The van der Waals surface area contributed by atoms with Crippen LogP contribution in [0.3, 0.4) is 0 Å². The van der Waals surface area contributed by atoms with Crippen LogP contribution < -0.4 is 5.32 Å². The zero-order valence-electron chi connectivity index (χ0n) is 12.2. The summed E-state index contributed by atoms with van der Waals surface area (Å²) in [6.45, 7) is 0.955. The highest BCUT2D eigenvalue weighted by Crippen LogP contribution is 2.25. The van der Waals surface area contributed by atoms with E-state index in [0.717, 1.165) is 6.26 Å². The van der Waals surface area contributed by atoms with Gasteiger partial charge in [0, 0.05) is 18.9 Å². The van der Waals surface area contributed by atoms with E-state index in [4.69, 9.17) is 19.2 Å². The van der Waals surface area contributed by atoms with Crippen LogP contribution in [0.25, 0.3) is 10.4 Å². The van der Waals surface area contributed by atoms with E-state index in [2.05, 4.69) is 15.3 Å². The van der Waals surface area contributed by atoms with Crippen molar-refractivity contribution in [2.45, 2.75) is 37.6 Å². The molecule has 126 valence electrons. The number of methoxy groups -OCH3 is 1. The standard InChI is InChI=1S/C10H18N4O7S/c1-5(15)13-7-9(21-22(3,17)18)8(16)6(4-12-14-11)20-10(7)19-2/h6-10,16H,4H2,1-3H3,(H,13,15)/t6-,7-,8+,9-,10-/m1/s1. The van der Waals surface area contributed by atoms with Crippen LogP contribution in [0.1, 0.15) is 6.92 Å². The Bertz CT molecular complexity index is 547. The van der Waals surface area contributed by atoms with Gasteiger partial charge in [-0.25, -0.2) is 0 Å². The molecular formula is C10H18N4O7S. The summed E-state index contributed by atoms with van der Waals surface area (Å²) < 4.78 is 38.1. The molecule has 1 fully saturated rings. The van der Waals surface area contributed by atoms with Crippen molar-refractivity contribution in [2.24, 2.45) is 5.11 Å². The van der Waals surface area contributed by atoms with E-state index in [1.165, 1.54) is 14.0 Å². The fourth-order valence-corrected chi connectivity index (χ4v) is 2.73. The maximum atomic E-state index is 11.4. The van der Waals surface area contributed by atoms with Gasteiger partial charge >= 0.3 is 0 Å². The highest BCUT2D eigenvalue weighted by Gasteiger charge is 2.48. The molecule has 12 heteroatoms. The summed E-state index contributed by atoms with van der Waals surface area (Å²) in [5.74, 6) is -0.488. The smallest absolute Gasteiger partial charge is 0.264 e. The maximum absolute atomic E-state index is 11.4. The van der Waals surface area contributed by atoms with Crippen LogP contribution in [0.2, 0.25) is 0 Å². The number of amides is 1. The number of rotatable bonds is 6. The van der Waals surface area contributed by atoms with Gasteiger partial charge in [-0.2, -0.15) is 8.42 Å². The number of nitrogens with zero attached hydrogens (tertiary/aromatic N) is 3. The van der Waals surface area contributed by atoms with Crippen molar-refractivity contribution in [1.82, 2.24) is 5.32 Å². The number of aliphatic hydroxyl groups is 1. The van der Waals surface area contributed by atoms with Crippen LogP contribution >= 0.6 is 0 Å². The summed E-state index contributed by atoms with van der Waals surface area (Å²) in [6, 6.07) is -1.06. The van der Waals surface area contributed by atoms with Crippen molar-refractivity contribution in [3.63, 3.8) is 0 Å². The van der Waals surface area contributed by atoms with Gasteiger partial charge in [-0.05, 0) is 5.53 Å². The first kappa shape index (κ1) is 18.6. The van der Waals surface area contributed by atoms with Gasteiger partial charge in [0.25, 0.3) is 10.1 Å². The van der Waals surface area contributed by atoms with Crippen molar-refractivity contribution in [1.29, 1.82) is 0 Å². The summed E-state index contributed by atoms with van der Waals surface area (Å²) in [5, 5.41) is 15.9. The number of nitrogens with one attached hydrogen (secondary N) is 1. The Morgan fingerprint density at radius 1 is 1.55 bits per heavy atom. The molecule has 0 aromatic heterocycles. The minimum atomic E-state index is -3.93. The number of carbonyl (C=O) groups is 1. The fraction of sp³-hybridized carbons (Fsp3) is 0.900. The summed E-state index contributed by atoms with van der Waals surface area (Å²) >= 11 is 0. The number of azide groups is 1. The summed E-state index contributed by atoms with van der Waals surface area (Å²) in [5.41, 5.74) is 8.34. The lowest BCUT2D eigenvalue weighted by molar-refractivity contribution is -0.248. The van der Waals surface area contributed by atoms with Crippen molar-refractivity contribution in [3.05, 3.63) is 10.4 Å². The van der Waals surface area contributed by atoms with Gasteiger partial charge in [-0.1, -0.05) is 5.11 Å². The lowest BCUT2D eigenvalue weighted by Gasteiger charge is -2.43. The van der Waals surface area contributed by atoms with Gasteiger partial charge in [0.15, 0.2) is 6.29 Å². The second kappa shape index (κ2) is 7.72. The first-order valence-corrected chi connectivity index (χ1v) is 8.03. The van der Waals surface area contributed by atoms with E-state index in [1.807, 2.05) is 0 Å². The van der Waals surface area contributed by atoms with E-state index < -0.39 is 46.7 Å². The molecule has 1 saturated heterocycles. The SMILES string of the molecule is CO[C@@H]1O[C@H](CN=[N+]=[N-])[C@H](O)[C@H](OS(C)(=O)=O)[C@H]1NC(C)=O. The van der Waals surface area contributed by atoms with Gasteiger partial charge in [0.1, 0.15) is 18.2 Å². The average molecular weight is 338 g/mol. The molecule has 1 heterocycles. The van der Waals surface area contributed by atoms with Gasteiger partial charge in [0.05, 0.1) is 18.9 Å². The van der Waals surface area contributed by atoms with Gasteiger partial charge in [-0.3, -0.25) is 8.98 Å². The highest BCUT2D eigenvalue weighted by molar-refractivity contribution is 7.86. The topological polar surface area (TPSA) is 160 Å². The monoisotopic (exact) mass is 338 g/mol. The number of aliphatic hydroxyl groups excluding tert-OH is 1. The Labute approximate surface area is 127 Å². The van der Waals surface area contributed by atoms with Crippen LogP contribution in [-0.4, -0.2) is 70.0 Å². The maximum Gasteiger partial charge on any atom is 0.264 e. The van der Waals surface area contributed by atoms with E-state index in [-0.39, 0.29) is 6.54 Å². The normalized spacial score (nSPS) is 32.1. The molecule has 11 nitrogen and oxygen atoms in total. The van der Waals surface area contributed by atoms with Crippen LogP contribution in [0.15, 0.2) is 5.11 Å². The minimum absolute atomic E-state index is 0.256.